The van der Waals surface area contributed by atoms with Gasteiger partial charge < -0.3 is 14.9 Å². The quantitative estimate of drug-likeness (QED) is 0.918. The molecule has 1 aliphatic heterocycles. The lowest BCUT2D eigenvalue weighted by Gasteiger charge is -2.32. The van der Waals surface area contributed by atoms with E-state index in [0.29, 0.717) is 5.75 Å². The molecule has 0 atom stereocenters. The zero-order chi connectivity index (χ0) is 16.1. The molecule has 0 aromatic heterocycles. The second-order valence-corrected chi connectivity index (χ2v) is 6.50. The number of phenolic OH excluding ortho intramolecular Hbond substituents is 1. The van der Waals surface area contributed by atoms with Crippen LogP contribution in [-0.2, 0) is 6.42 Å². The highest BCUT2D eigenvalue weighted by molar-refractivity contribution is 5.65. The minimum atomic E-state index is 0.318. The number of piperazine rings is 1. The minimum Gasteiger partial charge on any atom is -0.508 e. The fourth-order valence-electron chi connectivity index (χ4n) is 3.13. The maximum Gasteiger partial charge on any atom is 0.116 e. The average Bonchev–Trinajstić information content (AvgIpc) is 2.57. The molecule has 1 fully saturated rings. The Kier molecular flexibility index (Phi) is 5.31. The monoisotopic (exact) mass is 310 g/mol. The zero-order valence-electron chi connectivity index (χ0n) is 13.9. The first-order valence-electron chi connectivity index (χ1n) is 8.50. The predicted octanol–water partition coefficient (Wildman–Crippen LogP) is 3.24. The van der Waals surface area contributed by atoms with Crippen molar-refractivity contribution in [1.29, 1.82) is 0 Å². The lowest BCUT2D eigenvalue weighted by atomic mass is 10.0. The van der Waals surface area contributed by atoms with Crippen molar-refractivity contribution in [2.24, 2.45) is 0 Å². The molecule has 3 rings (SSSR count). The van der Waals surface area contributed by atoms with Crippen molar-refractivity contribution in [3.63, 3.8) is 0 Å². The van der Waals surface area contributed by atoms with Gasteiger partial charge in [0.25, 0.3) is 0 Å². The van der Waals surface area contributed by atoms with Crippen molar-refractivity contribution in [1.82, 2.24) is 9.80 Å². The summed E-state index contributed by atoms with van der Waals surface area (Å²) in [7, 11) is 2.20. The van der Waals surface area contributed by atoms with Gasteiger partial charge in [0.1, 0.15) is 5.75 Å². The molecule has 23 heavy (non-hydrogen) atoms. The molecule has 122 valence electrons. The number of hydrogen-bond acceptors (Lipinski definition) is 3. The predicted molar refractivity (Wildman–Crippen MR) is 95.8 cm³/mol. The molecule has 1 aliphatic rings. The third-order valence-corrected chi connectivity index (χ3v) is 4.67. The lowest BCUT2D eigenvalue weighted by molar-refractivity contribution is 0.153. The smallest absolute Gasteiger partial charge is 0.116 e. The van der Waals surface area contributed by atoms with Crippen molar-refractivity contribution in [3.8, 4) is 16.9 Å². The maximum absolute atomic E-state index is 9.58. The Morgan fingerprint density at radius 2 is 1.65 bits per heavy atom. The van der Waals surface area contributed by atoms with Crippen molar-refractivity contribution < 1.29 is 5.11 Å². The van der Waals surface area contributed by atoms with Crippen LogP contribution in [-0.4, -0.2) is 54.7 Å². The summed E-state index contributed by atoms with van der Waals surface area (Å²) >= 11 is 0. The Bertz CT molecular complexity index is 616. The molecule has 3 nitrogen and oxygen atoms in total. The molecular formula is C20H26N2O. The van der Waals surface area contributed by atoms with Gasteiger partial charge in [-0.25, -0.2) is 0 Å². The molecule has 2 aromatic carbocycles. The summed E-state index contributed by atoms with van der Waals surface area (Å²) < 4.78 is 0. The van der Waals surface area contributed by atoms with E-state index in [2.05, 4.69) is 41.1 Å². The van der Waals surface area contributed by atoms with Gasteiger partial charge in [-0.3, -0.25) is 0 Å². The van der Waals surface area contributed by atoms with E-state index in [1.165, 1.54) is 44.7 Å². The first-order valence-corrected chi connectivity index (χ1v) is 8.50. The lowest BCUT2D eigenvalue weighted by Crippen LogP contribution is -2.44. The maximum atomic E-state index is 9.58. The number of likely N-dealkylation sites (N-methyl/N-ethyl adjacent to an activating group) is 1. The van der Waals surface area contributed by atoms with Crippen molar-refractivity contribution >= 4 is 0 Å². The molecule has 1 N–H and O–H groups in total. The SMILES string of the molecule is CN1CCN(CCCc2ccc(-c3cccc(O)c3)cc2)CC1. The molecule has 0 aliphatic carbocycles. The van der Waals surface area contributed by atoms with Crippen LogP contribution in [0.1, 0.15) is 12.0 Å². The highest BCUT2D eigenvalue weighted by Crippen LogP contribution is 2.23. The zero-order valence-corrected chi connectivity index (χ0v) is 13.9. The van der Waals surface area contributed by atoms with E-state index in [1.807, 2.05) is 18.2 Å². The highest BCUT2D eigenvalue weighted by atomic mass is 16.3. The normalized spacial score (nSPS) is 16.6. The number of aromatic hydroxyl groups is 1. The highest BCUT2D eigenvalue weighted by Gasteiger charge is 2.12. The molecule has 2 aromatic rings. The van der Waals surface area contributed by atoms with Gasteiger partial charge in [-0.2, -0.15) is 0 Å². The largest absolute Gasteiger partial charge is 0.508 e. The Hall–Kier alpha value is -1.84. The summed E-state index contributed by atoms with van der Waals surface area (Å²) in [6, 6.07) is 16.2. The molecule has 0 spiro atoms. The van der Waals surface area contributed by atoms with Gasteiger partial charge >= 0.3 is 0 Å². The van der Waals surface area contributed by atoms with Crippen LogP contribution in [0.2, 0.25) is 0 Å². The number of hydrogen-bond donors (Lipinski definition) is 1. The van der Waals surface area contributed by atoms with E-state index in [-0.39, 0.29) is 0 Å². The van der Waals surface area contributed by atoms with Gasteiger partial charge in [0.05, 0.1) is 0 Å². The summed E-state index contributed by atoms with van der Waals surface area (Å²) in [5, 5.41) is 9.58. The van der Waals surface area contributed by atoms with Crippen LogP contribution in [0.5, 0.6) is 5.75 Å². The van der Waals surface area contributed by atoms with Crippen LogP contribution in [0.25, 0.3) is 11.1 Å². The molecule has 1 heterocycles. The number of nitrogens with zero attached hydrogens (tertiary/aromatic N) is 2. The Labute approximate surface area is 139 Å². The average molecular weight is 310 g/mol. The second kappa shape index (κ2) is 7.62. The van der Waals surface area contributed by atoms with Gasteiger partial charge in [0.2, 0.25) is 0 Å². The number of benzene rings is 2. The standard InChI is InChI=1S/C20H26N2O/c1-21-12-14-22(15-13-21)11-3-4-17-7-9-18(10-8-17)19-5-2-6-20(23)16-19/h2,5-10,16,23H,3-4,11-15H2,1H3. The third kappa shape index (κ3) is 4.57. The van der Waals surface area contributed by atoms with E-state index >= 15 is 0 Å². The third-order valence-electron chi connectivity index (χ3n) is 4.67. The Morgan fingerprint density at radius 1 is 0.913 bits per heavy atom. The van der Waals surface area contributed by atoms with Crippen LogP contribution in [0, 0.1) is 0 Å². The van der Waals surface area contributed by atoms with Gasteiger partial charge in [-0.15, -0.1) is 0 Å². The van der Waals surface area contributed by atoms with Gasteiger partial charge in [0, 0.05) is 26.2 Å². The van der Waals surface area contributed by atoms with Crippen LogP contribution < -0.4 is 0 Å². The molecule has 3 heteroatoms. The van der Waals surface area contributed by atoms with E-state index in [9.17, 15) is 5.11 Å². The summed E-state index contributed by atoms with van der Waals surface area (Å²) in [6.07, 6.45) is 2.35. The summed E-state index contributed by atoms with van der Waals surface area (Å²) in [4.78, 5) is 4.97. The van der Waals surface area contributed by atoms with Crippen molar-refractivity contribution in [2.45, 2.75) is 12.8 Å². The van der Waals surface area contributed by atoms with Gasteiger partial charge in [-0.05, 0) is 55.3 Å². The number of phenols is 1. The topological polar surface area (TPSA) is 26.7 Å². The van der Waals surface area contributed by atoms with Crippen LogP contribution in [0.3, 0.4) is 0 Å². The molecule has 0 unspecified atom stereocenters. The molecular weight excluding hydrogens is 284 g/mol. The molecule has 1 saturated heterocycles. The molecule has 0 radical (unpaired) electrons. The van der Waals surface area contributed by atoms with Gasteiger partial charge in [-0.1, -0.05) is 36.4 Å². The van der Waals surface area contributed by atoms with E-state index in [4.69, 9.17) is 0 Å². The van der Waals surface area contributed by atoms with Crippen molar-refractivity contribution in [2.75, 3.05) is 39.8 Å². The van der Waals surface area contributed by atoms with Crippen LogP contribution in [0.15, 0.2) is 48.5 Å². The fraction of sp³-hybridized carbons (Fsp3) is 0.400. The fourth-order valence-corrected chi connectivity index (χ4v) is 3.13. The second-order valence-electron chi connectivity index (χ2n) is 6.50. The van der Waals surface area contributed by atoms with Crippen LogP contribution in [0.4, 0.5) is 0 Å². The van der Waals surface area contributed by atoms with E-state index in [0.717, 1.165) is 17.5 Å². The molecule has 0 bridgehead atoms. The van der Waals surface area contributed by atoms with E-state index in [1.54, 1.807) is 6.07 Å². The molecule has 0 saturated carbocycles. The van der Waals surface area contributed by atoms with E-state index < -0.39 is 0 Å². The van der Waals surface area contributed by atoms with Gasteiger partial charge in [0.15, 0.2) is 0 Å². The molecule has 0 amide bonds. The van der Waals surface area contributed by atoms with Crippen molar-refractivity contribution in [3.05, 3.63) is 54.1 Å². The Balaban J connectivity index is 1.50. The minimum absolute atomic E-state index is 0.318. The first-order chi connectivity index (χ1) is 11.2. The summed E-state index contributed by atoms with van der Waals surface area (Å²) in [5.74, 6) is 0.318. The number of aryl methyl sites for hydroxylation is 1. The summed E-state index contributed by atoms with van der Waals surface area (Å²) in [5.41, 5.74) is 3.61. The van der Waals surface area contributed by atoms with Crippen LogP contribution >= 0.6 is 0 Å². The first kappa shape index (κ1) is 16.0. The summed E-state index contributed by atoms with van der Waals surface area (Å²) in [6.45, 7) is 5.99. The Morgan fingerprint density at radius 3 is 2.35 bits per heavy atom. The number of rotatable bonds is 5.